The Morgan fingerprint density at radius 2 is 2.00 bits per heavy atom. The van der Waals surface area contributed by atoms with Crippen molar-refractivity contribution in [1.29, 1.82) is 0 Å². The molecule has 15 heavy (non-hydrogen) atoms. The molecule has 2 aromatic heterocycles. The Morgan fingerprint density at radius 1 is 1.27 bits per heavy atom. The average molecular weight is 281 g/mol. The molecule has 0 N–H and O–H groups in total. The van der Waals surface area contributed by atoms with Crippen LogP contribution in [0.5, 0.6) is 0 Å². The first kappa shape index (κ1) is 10.6. The van der Waals surface area contributed by atoms with Crippen molar-refractivity contribution in [2.24, 2.45) is 0 Å². The number of nitrogens with zero attached hydrogens (tertiary/aromatic N) is 2. The number of aromatic nitrogens is 2. The topological polar surface area (TPSA) is 25.8 Å². The van der Waals surface area contributed by atoms with Gasteiger partial charge in [-0.25, -0.2) is 4.98 Å². The highest BCUT2D eigenvalue weighted by Gasteiger charge is 2.02. The molecule has 2 rings (SSSR count). The van der Waals surface area contributed by atoms with Gasteiger partial charge < -0.3 is 0 Å². The Labute approximate surface area is 101 Å². The van der Waals surface area contributed by atoms with Gasteiger partial charge in [-0.1, -0.05) is 11.8 Å². The lowest BCUT2D eigenvalue weighted by molar-refractivity contribution is 1.07. The normalized spacial score (nSPS) is 10.3. The van der Waals surface area contributed by atoms with Gasteiger partial charge in [0.2, 0.25) is 0 Å². The maximum absolute atomic E-state index is 4.37. The quantitative estimate of drug-likeness (QED) is 0.839. The van der Waals surface area contributed by atoms with Gasteiger partial charge in [-0.3, -0.25) is 4.98 Å². The van der Waals surface area contributed by atoms with Crippen molar-refractivity contribution in [1.82, 2.24) is 9.97 Å². The molecule has 0 radical (unpaired) electrons. The van der Waals surface area contributed by atoms with Crippen LogP contribution in [0.4, 0.5) is 0 Å². The highest BCUT2D eigenvalue weighted by Crippen LogP contribution is 2.28. The van der Waals surface area contributed by atoms with Crippen LogP contribution in [0.15, 0.2) is 51.2 Å². The third-order valence-corrected chi connectivity index (χ3v) is 3.42. The monoisotopic (exact) mass is 280 g/mol. The summed E-state index contributed by atoms with van der Waals surface area (Å²) in [5.74, 6) is 0. The molecule has 0 fully saturated rings. The maximum Gasteiger partial charge on any atom is 0.104 e. The molecule has 0 saturated carbocycles. The Hall–Kier alpha value is -0.870. The van der Waals surface area contributed by atoms with E-state index in [-0.39, 0.29) is 0 Å². The summed E-state index contributed by atoms with van der Waals surface area (Å²) in [5.41, 5.74) is 1.17. The average Bonchev–Trinajstić information content (AvgIpc) is 2.24. The van der Waals surface area contributed by atoms with Gasteiger partial charge >= 0.3 is 0 Å². The van der Waals surface area contributed by atoms with E-state index in [4.69, 9.17) is 0 Å². The molecule has 0 spiro atoms. The molecule has 2 nitrogen and oxygen atoms in total. The Kier molecular flexibility index (Phi) is 3.38. The maximum atomic E-state index is 4.37. The summed E-state index contributed by atoms with van der Waals surface area (Å²) in [6.45, 7) is 2.06. The molecule has 0 unspecified atom stereocenters. The smallest absolute Gasteiger partial charge is 0.104 e. The number of halogens is 1. The molecule has 76 valence electrons. The second-order valence-corrected chi connectivity index (χ2v) is 5.04. The molecule has 0 aliphatic heterocycles. The molecule has 0 atom stereocenters. The lowest BCUT2D eigenvalue weighted by Gasteiger charge is -2.04. The standard InChI is InChI=1S/C11H9BrN2S/c1-8-6-9(12)7-14-11(8)15-10-2-4-13-5-3-10/h2-7H,1H3. The molecule has 2 heterocycles. The number of rotatable bonds is 2. The molecule has 0 aromatic carbocycles. The first-order valence-corrected chi connectivity index (χ1v) is 6.06. The van der Waals surface area contributed by atoms with Crippen LogP contribution in [0.3, 0.4) is 0 Å². The van der Waals surface area contributed by atoms with Crippen molar-refractivity contribution in [3.05, 3.63) is 46.8 Å². The van der Waals surface area contributed by atoms with Crippen LogP contribution < -0.4 is 0 Å². The summed E-state index contributed by atoms with van der Waals surface area (Å²) in [4.78, 5) is 9.51. The molecular weight excluding hydrogens is 272 g/mol. The largest absolute Gasteiger partial charge is 0.265 e. The van der Waals surface area contributed by atoms with Gasteiger partial charge in [-0.2, -0.15) is 0 Å². The second kappa shape index (κ2) is 4.77. The minimum atomic E-state index is 1.01. The van der Waals surface area contributed by atoms with Gasteiger partial charge in [0.15, 0.2) is 0 Å². The van der Waals surface area contributed by atoms with Gasteiger partial charge in [0.1, 0.15) is 5.03 Å². The number of aryl methyl sites for hydroxylation is 1. The fraction of sp³-hybridized carbons (Fsp3) is 0.0909. The second-order valence-electron chi connectivity index (χ2n) is 3.06. The van der Waals surface area contributed by atoms with Crippen LogP contribution >= 0.6 is 27.7 Å². The highest BCUT2D eigenvalue weighted by molar-refractivity contribution is 9.10. The summed E-state index contributed by atoms with van der Waals surface area (Å²) < 4.78 is 1.01. The zero-order valence-corrected chi connectivity index (χ0v) is 10.5. The molecular formula is C11H9BrN2S. The highest BCUT2D eigenvalue weighted by atomic mass is 79.9. The van der Waals surface area contributed by atoms with Crippen LogP contribution in [-0.4, -0.2) is 9.97 Å². The first-order valence-electron chi connectivity index (χ1n) is 4.46. The molecule has 0 aliphatic carbocycles. The van der Waals surface area contributed by atoms with E-state index >= 15 is 0 Å². The van der Waals surface area contributed by atoms with Gasteiger partial charge in [0.25, 0.3) is 0 Å². The predicted molar refractivity (Wildman–Crippen MR) is 65.0 cm³/mol. The van der Waals surface area contributed by atoms with Crippen molar-refractivity contribution in [2.75, 3.05) is 0 Å². The third kappa shape index (κ3) is 2.79. The third-order valence-electron chi connectivity index (χ3n) is 1.86. The molecule has 0 bridgehead atoms. The van der Waals surface area contributed by atoms with E-state index in [0.29, 0.717) is 0 Å². The zero-order valence-electron chi connectivity index (χ0n) is 8.14. The van der Waals surface area contributed by atoms with Crippen LogP contribution in [-0.2, 0) is 0 Å². The lowest BCUT2D eigenvalue weighted by Crippen LogP contribution is -1.85. The van der Waals surface area contributed by atoms with Crippen molar-refractivity contribution >= 4 is 27.7 Å². The molecule has 0 amide bonds. The summed E-state index contributed by atoms with van der Waals surface area (Å²) in [5, 5.41) is 1.03. The van der Waals surface area contributed by atoms with Gasteiger partial charge in [-0.05, 0) is 46.6 Å². The first-order chi connectivity index (χ1) is 7.25. The van der Waals surface area contributed by atoms with Crippen LogP contribution in [0.25, 0.3) is 0 Å². The Balaban J connectivity index is 2.25. The summed E-state index contributed by atoms with van der Waals surface area (Å²) >= 11 is 5.05. The van der Waals surface area contributed by atoms with Crippen LogP contribution in [0.2, 0.25) is 0 Å². The fourth-order valence-corrected chi connectivity index (χ4v) is 2.40. The summed E-state index contributed by atoms with van der Waals surface area (Å²) in [6.07, 6.45) is 5.39. The zero-order chi connectivity index (χ0) is 10.7. The van der Waals surface area contributed by atoms with Gasteiger partial charge in [0, 0.05) is 28.0 Å². The van der Waals surface area contributed by atoms with Crippen molar-refractivity contribution in [3.63, 3.8) is 0 Å². The van der Waals surface area contributed by atoms with Crippen molar-refractivity contribution < 1.29 is 0 Å². The molecule has 0 saturated heterocycles. The molecule has 2 aromatic rings. The number of hydrogen-bond acceptors (Lipinski definition) is 3. The summed E-state index contributed by atoms with van der Waals surface area (Å²) in [6, 6.07) is 6.03. The van der Waals surface area contributed by atoms with E-state index in [1.54, 1.807) is 24.2 Å². The van der Waals surface area contributed by atoms with E-state index < -0.39 is 0 Å². The Morgan fingerprint density at radius 3 is 2.67 bits per heavy atom. The predicted octanol–water partition coefficient (Wildman–Crippen LogP) is 3.70. The number of hydrogen-bond donors (Lipinski definition) is 0. The van der Waals surface area contributed by atoms with Crippen LogP contribution in [0, 0.1) is 6.92 Å². The van der Waals surface area contributed by atoms with Crippen LogP contribution in [0.1, 0.15) is 5.56 Å². The fourth-order valence-electron chi connectivity index (χ4n) is 1.15. The minimum Gasteiger partial charge on any atom is -0.265 e. The lowest BCUT2D eigenvalue weighted by atomic mass is 10.3. The molecule has 4 heteroatoms. The van der Waals surface area contributed by atoms with E-state index in [1.807, 2.05) is 18.3 Å². The van der Waals surface area contributed by atoms with E-state index in [0.717, 1.165) is 14.4 Å². The Bertz CT molecular complexity index is 459. The van der Waals surface area contributed by atoms with E-state index in [1.165, 1.54) is 5.56 Å². The number of pyridine rings is 2. The van der Waals surface area contributed by atoms with Gasteiger partial charge in [-0.15, -0.1) is 0 Å². The van der Waals surface area contributed by atoms with E-state index in [9.17, 15) is 0 Å². The minimum absolute atomic E-state index is 1.01. The summed E-state index contributed by atoms with van der Waals surface area (Å²) in [7, 11) is 0. The van der Waals surface area contributed by atoms with Crippen molar-refractivity contribution in [2.45, 2.75) is 16.8 Å². The molecule has 0 aliphatic rings. The van der Waals surface area contributed by atoms with E-state index in [2.05, 4.69) is 38.9 Å². The van der Waals surface area contributed by atoms with Gasteiger partial charge in [0.05, 0.1) is 0 Å². The van der Waals surface area contributed by atoms with Crippen molar-refractivity contribution in [3.8, 4) is 0 Å². The SMILES string of the molecule is Cc1cc(Br)cnc1Sc1ccncc1.